The van der Waals surface area contributed by atoms with E-state index in [1.54, 1.807) is 6.07 Å². The van der Waals surface area contributed by atoms with Crippen LogP contribution >= 0.6 is 11.6 Å². The Bertz CT molecular complexity index is 404. The second-order valence-electron chi connectivity index (χ2n) is 5.86. The Morgan fingerprint density at radius 3 is 1.86 bits per heavy atom. The van der Waals surface area contributed by atoms with Crippen LogP contribution in [-0.4, -0.2) is 10.2 Å². The SMILES string of the molecule is CCCCCCCCCCCCc1cc(O)c(Cl)cc1O. The number of phenolic OH excluding ortho intramolecular Hbond substituents is 2. The van der Waals surface area contributed by atoms with Gasteiger partial charge in [-0.3, -0.25) is 0 Å². The molecular formula is C18H29ClO2. The smallest absolute Gasteiger partial charge is 0.134 e. The van der Waals surface area contributed by atoms with Crippen molar-refractivity contribution in [2.24, 2.45) is 0 Å². The normalized spacial score (nSPS) is 11.0. The number of hydrogen-bond acceptors (Lipinski definition) is 2. The second kappa shape index (κ2) is 10.8. The van der Waals surface area contributed by atoms with E-state index in [0.29, 0.717) is 0 Å². The summed E-state index contributed by atoms with van der Waals surface area (Å²) in [5.41, 5.74) is 0.788. The molecule has 0 saturated heterocycles. The van der Waals surface area contributed by atoms with Crippen molar-refractivity contribution in [2.75, 3.05) is 0 Å². The standard InChI is InChI=1S/C18H29ClO2/c1-2-3-4-5-6-7-8-9-10-11-12-15-13-18(21)16(19)14-17(15)20/h13-14,20-21H,2-12H2,1H3. The van der Waals surface area contributed by atoms with Gasteiger partial charge < -0.3 is 10.2 Å². The maximum absolute atomic E-state index is 9.76. The summed E-state index contributed by atoms with van der Waals surface area (Å²) >= 11 is 5.74. The largest absolute Gasteiger partial charge is 0.508 e. The van der Waals surface area contributed by atoms with Gasteiger partial charge in [0.05, 0.1) is 5.02 Å². The van der Waals surface area contributed by atoms with E-state index in [1.807, 2.05) is 0 Å². The molecular weight excluding hydrogens is 284 g/mol. The van der Waals surface area contributed by atoms with Gasteiger partial charge in [-0.25, -0.2) is 0 Å². The minimum absolute atomic E-state index is 0.0524. The van der Waals surface area contributed by atoms with Crippen LogP contribution in [0.4, 0.5) is 0 Å². The van der Waals surface area contributed by atoms with Gasteiger partial charge in [-0.1, -0.05) is 76.3 Å². The molecule has 0 spiro atoms. The van der Waals surface area contributed by atoms with E-state index < -0.39 is 0 Å². The van der Waals surface area contributed by atoms with Gasteiger partial charge >= 0.3 is 0 Å². The zero-order chi connectivity index (χ0) is 15.5. The molecule has 0 aliphatic carbocycles. The van der Waals surface area contributed by atoms with Gasteiger partial charge in [0.15, 0.2) is 0 Å². The molecule has 0 saturated carbocycles. The molecule has 1 aromatic rings. The minimum Gasteiger partial charge on any atom is -0.508 e. The number of phenols is 2. The Morgan fingerprint density at radius 1 is 0.762 bits per heavy atom. The van der Waals surface area contributed by atoms with Crippen molar-refractivity contribution in [1.82, 2.24) is 0 Å². The summed E-state index contributed by atoms with van der Waals surface area (Å²) in [7, 11) is 0. The van der Waals surface area contributed by atoms with E-state index in [2.05, 4.69) is 6.92 Å². The van der Waals surface area contributed by atoms with Crippen molar-refractivity contribution in [3.8, 4) is 11.5 Å². The highest BCUT2D eigenvalue weighted by Gasteiger charge is 2.06. The van der Waals surface area contributed by atoms with E-state index >= 15 is 0 Å². The van der Waals surface area contributed by atoms with Crippen LogP contribution in [-0.2, 0) is 6.42 Å². The van der Waals surface area contributed by atoms with Gasteiger partial charge in [0.2, 0.25) is 0 Å². The summed E-state index contributed by atoms with van der Waals surface area (Å²) in [6.45, 7) is 2.25. The highest BCUT2D eigenvalue weighted by atomic mass is 35.5. The van der Waals surface area contributed by atoms with E-state index in [9.17, 15) is 10.2 Å². The van der Waals surface area contributed by atoms with Gasteiger partial charge in [0, 0.05) is 6.07 Å². The van der Waals surface area contributed by atoms with Crippen LogP contribution in [0.5, 0.6) is 11.5 Å². The third kappa shape index (κ3) is 7.61. The van der Waals surface area contributed by atoms with Crippen LogP contribution in [0, 0.1) is 0 Å². The highest BCUT2D eigenvalue weighted by molar-refractivity contribution is 6.32. The zero-order valence-corrected chi connectivity index (χ0v) is 14.0. The molecule has 21 heavy (non-hydrogen) atoms. The van der Waals surface area contributed by atoms with Crippen molar-refractivity contribution in [3.63, 3.8) is 0 Å². The number of unbranched alkanes of at least 4 members (excludes halogenated alkanes) is 9. The number of aromatic hydroxyl groups is 2. The Balaban J connectivity index is 2.05. The molecule has 120 valence electrons. The molecule has 0 aliphatic rings. The van der Waals surface area contributed by atoms with Crippen LogP contribution < -0.4 is 0 Å². The molecule has 1 rings (SSSR count). The summed E-state index contributed by atoms with van der Waals surface area (Å²) in [6, 6.07) is 2.99. The van der Waals surface area contributed by atoms with E-state index in [1.165, 1.54) is 63.9 Å². The molecule has 0 aromatic heterocycles. The number of benzene rings is 1. The third-order valence-corrected chi connectivity index (χ3v) is 4.25. The first-order valence-electron chi connectivity index (χ1n) is 8.35. The maximum atomic E-state index is 9.76. The molecule has 0 heterocycles. The van der Waals surface area contributed by atoms with Crippen molar-refractivity contribution in [2.45, 2.75) is 77.6 Å². The predicted octanol–water partition coefficient (Wildman–Crippen LogP) is 6.21. The van der Waals surface area contributed by atoms with Crippen LogP contribution in [0.15, 0.2) is 12.1 Å². The molecule has 0 bridgehead atoms. The van der Waals surface area contributed by atoms with Gasteiger partial charge in [-0.2, -0.15) is 0 Å². The zero-order valence-electron chi connectivity index (χ0n) is 13.2. The molecule has 0 aliphatic heterocycles. The van der Waals surface area contributed by atoms with Crippen LogP contribution in [0.2, 0.25) is 5.02 Å². The van der Waals surface area contributed by atoms with Crippen molar-refractivity contribution in [1.29, 1.82) is 0 Å². The Hall–Kier alpha value is -0.890. The van der Waals surface area contributed by atoms with Crippen molar-refractivity contribution >= 4 is 11.6 Å². The lowest BCUT2D eigenvalue weighted by Crippen LogP contribution is -1.88. The van der Waals surface area contributed by atoms with Crippen molar-refractivity contribution in [3.05, 3.63) is 22.7 Å². The second-order valence-corrected chi connectivity index (χ2v) is 6.27. The molecule has 2 N–H and O–H groups in total. The summed E-state index contributed by atoms with van der Waals surface area (Å²) in [5, 5.41) is 19.5. The van der Waals surface area contributed by atoms with Gasteiger partial charge in [0.25, 0.3) is 0 Å². The maximum Gasteiger partial charge on any atom is 0.134 e. The van der Waals surface area contributed by atoms with Gasteiger partial charge in [0.1, 0.15) is 11.5 Å². The Morgan fingerprint density at radius 2 is 1.29 bits per heavy atom. The van der Waals surface area contributed by atoms with Gasteiger partial charge in [-0.05, 0) is 24.5 Å². The van der Waals surface area contributed by atoms with Crippen LogP contribution in [0.25, 0.3) is 0 Å². The molecule has 2 nitrogen and oxygen atoms in total. The highest BCUT2D eigenvalue weighted by Crippen LogP contribution is 2.31. The van der Waals surface area contributed by atoms with E-state index in [4.69, 9.17) is 11.6 Å². The molecule has 0 radical (unpaired) electrons. The molecule has 1 aromatic carbocycles. The Kier molecular flexibility index (Phi) is 9.32. The number of halogens is 1. The van der Waals surface area contributed by atoms with Crippen LogP contribution in [0.1, 0.15) is 76.7 Å². The number of hydrogen-bond donors (Lipinski definition) is 2. The third-order valence-electron chi connectivity index (χ3n) is 3.95. The van der Waals surface area contributed by atoms with Crippen LogP contribution in [0.3, 0.4) is 0 Å². The average Bonchev–Trinajstić information content (AvgIpc) is 2.46. The molecule has 0 amide bonds. The summed E-state index contributed by atoms with van der Waals surface area (Å²) in [6.07, 6.45) is 13.8. The minimum atomic E-state index is 0.0524. The number of aryl methyl sites for hydroxylation is 1. The average molecular weight is 313 g/mol. The fourth-order valence-electron chi connectivity index (χ4n) is 2.60. The van der Waals surface area contributed by atoms with Crippen molar-refractivity contribution < 1.29 is 10.2 Å². The predicted molar refractivity (Wildman–Crippen MR) is 90.3 cm³/mol. The number of rotatable bonds is 11. The summed E-state index contributed by atoms with van der Waals surface area (Å²) < 4.78 is 0. The monoisotopic (exact) mass is 312 g/mol. The van der Waals surface area contributed by atoms with Gasteiger partial charge in [-0.15, -0.1) is 0 Å². The molecule has 3 heteroatoms. The molecule has 0 unspecified atom stereocenters. The lowest BCUT2D eigenvalue weighted by atomic mass is 10.0. The first-order chi connectivity index (χ1) is 10.1. The van der Waals surface area contributed by atoms with E-state index in [-0.39, 0.29) is 16.5 Å². The lowest BCUT2D eigenvalue weighted by molar-refractivity contribution is 0.452. The summed E-state index contributed by atoms with van der Waals surface area (Å²) in [4.78, 5) is 0. The summed E-state index contributed by atoms with van der Waals surface area (Å²) in [5.74, 6) is 0.241. The topological polar surface area (TPSA) is 40.5 Å². The van der Waals surface area contributed by atoms with E-state index in [0.717, 1.165) is 18.4 Å². The first kappa shape index (κ1) is 18.2. The molecule has 0 fully saturated rings. The fraction of sp³-hybridized carbons (Fsp3) is 0.667. The quantitative estimate of drug-likeness (QED) is 0.376. The first-order valence-corrected chi connectivity index (χ1v) is 8.73. The Labute approximate surface area is 134 Å². The molecule has 0 atom stereocenters. The fourth-order valence-corrected chi connectivity index (χ4v) is 2.76. The lowest BCUT2D eigenvalue weighted by Gasteiger charge is -2.07.